The van der Waals surface area contributed by atoms with Crippen molar-refractivity contribution in [3.05, 3.63) is 0 Å². The molecule has 0 aromatic carbocycles. The molecule has 0 bridgehead atoms. The molecule has 7 heteroatoms. The number of urea groups is 1. The number of nitrogens with one attached hydrogen (secondary N) is 1. The maximum atomic E-state index is 11.8. The third kappa shape index (κ3) is 3.85. The standard InChI is InChI=1S/C11H20N2O5/c1-7(14)9(10(15)16)12-11(17)13-4-3-8(5-13)6-18-2/h7-9,14H,3-6H2,1-2H3,(H,12,17)(H,15,16)/t7-,8?,9+/m1/s1. The van der Waals surface area contributed by atoms with Crippen LogP contribution < -0.4 is 5.32 Å². The molecule has 1 rings (SSSR count). The molecule has 0 saturated carbocycles. The van der Waals surface area contributed by atoms with Gasteiger partial charge in [-0.05, 0) is 13.3 Å². The zero-order valence-corrected chi connectivity index (χ0v) is 10.6. The quantitative estimate of drug-likeness (QED) is 0.619. The summed E-state index contributed by atoms with van der Waals surface area (Å²) in [5.41, 5.74) is 0. The van der Waals surface area contributed by atoms with Crippen LogP contribution in [0, 0.1) is 5.92 Å². The van der Waals surface area contributed by atoms with Crippen molar-refractivity contribution in [1.29, 1.82) is 0 Å². The summed E-state index contributed by atoms with van der Waals surface area (Å²) in [4.78, 5) is 24.2. The van der Waals surface area contributed by atoms with Crippen LogP contribution in [0.4, 0.5) is 4.79 Å². The minimum Gasteiger partial charge on any atom is -0.480 e. The summed E-state index contributed by atoms with van der Waals surface area (Å²) in [6.07, 6.45) is -0.294. The predicted molar refractivity (Wildman–Crippen MR) is 63.2 cm³/mol. The van der Waals surface area contributed by atoms with Gasteiger partial charge in [0.05, 0.1) is 12.7 Å². The van der Waals surface area contributed by atoms with Crippen molar-refractivity contribution >= 4 is 12.0 Å². The monoisotopic (exact) mass is 260 g/mol. The van der Waals surface area contributed by atoms with E-state index in [0.29, 0.717) is 19.7 Å². The van der Waals surface area contributed by atoms with Gasteiger partial charge in [0.1, 0.15) is 0 Å². The first-order chi connectivity index (χ1) is 8.45. The molecule has 18 heavy (non-hydrogen) atoms. The Balaban J connectivity index is 2.48. The Kier molecular flexibility index (Phi) is 5.36. The lowest BCUT2D eigenvalue weighted by Gasteiger charge is -2.22. The summed E-state index contributed by atoms with van der Waals surface area (Å²) in [5.74, 6) is -0.957. The molecule has 1 saturated heterocycles. The van der Waals surface area contributed by atoms with E-state index < -0.39 is 24.1 Å². The van der Waals surface area contributed by atoms with Gasteiger partial charge in [0, 0.05) is 26.1 Å². The summed E-state index contributed by atoms with van der Waals surface area (Å²) in [6, 6.07) is -1.74. The Morgan fingerprint density at radius 3 is 2.72 bits per heavy atom. The molecule has 1 heterocycles. The number of carbonyl (C=O) groups is 2. The Hall–Kier alpha value is -1.34. The average Bonchev–Trinajstić information content (AvgIpc) is 2.73. The minimum absolute atomic E-state index is 0.288. The summed E-state index contributed by atoms with van der Waals surface area (Å²) in [5, 5.41) is 20.5. The number of carboxylic acid groups (broad SMARTS) is 1. The van der Waals surface area contributed by atoms with Crippen molar-refractivity contribution in [2.75, 3.05) is 26.8 Å². The average molecular weight is 260 g/mol. The van der Waals surface area contributed by atoms with Crippen molar-refractivity contribution in [2.45, 2.75) is 25.5 Å². The second kappa shape index (κ2) is 6.55. The fraction of sp³-hybridized carbons (Fsp3) is 0.818. The first kappa shape index (κ1) is 14.7. The number of aliphatic hydroxyl groups excluding tert-OH is 1. The number of hydrogen-bond acceptors (Lipinski definition) is 4. The van der Waals surface area contributed by atoms with Crippen molar-refractivity contribution < 1.29 is 24.5 Å². The lowest BCUT2D eigenvalue weighted by Crippen LogP contribution is -2.51. The molecule has 1 unspecified atom stereocenters. The van der Waals surface area contributed by atoms with Gasteiger partial charge in [0.15, 0.2) is 6.04 Å². The number of hydrogen-bond donors (Lipinski definition) is 3. The third-order valence-corrected chi connectivity index (χ3v) is 3.00. The van der Waals surface area contributed by atoms with Gasteiger partial charge in [-0.1, -0.05) is 0 Å². The van der Waals surface area contributed by atoms with Crippen molar-refractivity contribution in [3.8, 4) is 0 Å². The molecule has 1 aliphatic rings. The molecule has 0 aromatic rings. The molecule has 3 atom stereocenters. The maximum absolute atomic E-state index is 11.8. The first-order valence-corrected chi connectivity index (χ1v) is 5.91. The molecule has 0 spiro atoms. The number of nitrogens with zero attached hydrogens (tertiary/aromatic N) is 1. The number of ether oxygens (including phenoxy) is 1. The van der Waals surface area contributed by atoms with Gasteiger partial charge in [0.25, 0.3) is 0 Å². The summed E-state index contributed by atoms with van der Waals surface area (Å²) >= 11 is 0. The molecule has 0 aliphatic carbocycles. The van der Waals surface area contributed by atoms with E-state index in [9.17, 15) is 14.7 Å². The van der Waals surface area contributed by atoms with Crippen LogP contribution in [-0.2, 0) is 9.53 Å². The molecule has 7 nitrogen and oxygen atoms in total. The highest BCUT2D eigenvalue weighted by molar-refractivity contribution is 5.83. The third-order valence-electron chi connectivity index (χ3n) is 3.00. The smallest absolute Gasteiger partial charge is 0.328 e. The SMILES string of the molecule is COCC1CCN(C(=O)N[C@H](C(=O)O)[C@@H](C)O)C1. The number of carboxylic acids is 1. The molecule has 0 radical (unpaired) electrons. The maximum Gasteiger partial charge on any atom is 0.328 e. The Morgan fingerprint density at radius 2 is 2.22 bits per heavy atom. The highest BCUT2D eigenvalue weighted by atomic mass is 16.5. The fourth-order valence-corrected chi connectivity index (χ4v) is 2.00. The van der Waals surface area contributed by atoms with Crippen molar-refractivity contribution in [3.63, 3.8) is 0 Å². The van der Waals surface area contributed by atoms with E-state index in [0.717, 1.165) is 6.42 Å². The highest BCUT2D eigenvalue weighted by Crippen LogP contribution is 2.16. The van der Waals surface area contributed by atoms with Gasteiger partial charge >= 0.3 is 12.0 Å². The van der Waals surface area contributed by atoms with E-state index >= 15 is 0 Å². The zero-order chi connectivity index (χ0) is 13.7. The number of likely N-dealkylation sites (tertiary alicyclic amines) is 1. The number of amides is 2. The van der Waals surface area contributed by atoms with Crippen LogP contribution in [-0.4, -0.2) is 66.1 Å². The lowest BCUT2D eigenvalue weighted by molar-refractivity contribution is -0.141. The first-order valence-electron chi connectivity index (χ1n) is 5.91. The largest absolute Gasteiger partial charge is 0.480 e. The number of rotatable bonds is 5. The molecular weight excluding hydrogens is 240 g/mol. The van der Waals surface area contributed by atoms with E-state index in [-0.39, 0.29) is 5.92 Å². The second-order valence-corrected chi connectivity index (χ2v) is 4.56. The van der Waals surface area contributed by atoms with Gasteiger partial charge < -0.3 is 25.2 Å². The fourth-order valence-electron chi connectivity index (χ4n) is 2.00. The summed E-state index contributed by atoms with van der Waals surface area (Å²) in [7, 11) is 1.61. The topological polar surface area (TPSA) is 99.1 Å². The molecule has 104 valence electrons. The molecular formula is C11H20N2O5. The summed E-state index contributed by atoms with van der Waals surface area (Å²) in [6.45, 7) is 3.04. The van der Waals surface area contributed by atoms with Crippen LogP contribution in [0.5, 0.6) is 0 Å². The van der Waals surface area contributed by atoms with Crippen molar-refractivity contribution in [1.82, 2.24) is 10.2 Å². The Labute approximate surface area is 106 Å². The van der Waals surface area contributed by atoms with E-state index in [1.165, 1.54) is 6.92 Å². The Bertz CT molecular complexity index is 308. The molecule has 3 N–H and O–H groups in total. The minimum atomic E-state index is -1.28. The van der Waals surface area contributed by atoms with E-state index in [4.69, 9.17) is 9.84 Å². The number of aliphatic carboxylic acids is 1. The van der Waals surface area contributed by atoms with Crippen LogP contribution in [0.3, 0.4) is 0 Å². The van der Waals surface area contributed by atoms with Crippen LogP contribution in [0.2, 0.25) is 0 Å². The molecule has 0 aromatic heterocycles. The Morgan fingerprint density at radius 1 is 1.56 bits per heavy atom. The van der Waals surface area contributed by atoms with Gasteiger partial charge in [0.2, 0.25) is 0 Å². The van der Waals surface area contributed by atoms with E-state index in [2.05, 4.69) is 5.32 Å². The second-order valence-electron chi connectivity index (χ2n) is 4.56. The van der Waals surface area contributed by atoms with Crippen LogP contribution >= 0.6 is 0 Å². The zero-order valence-electron chi connectivity index (χ0n) is 10.6. The predicted octanol–water partition coefficient (Wildman–Crippen LogP) is -0.502. The molecule has 1 fully saturated rings. The normalized spacial score (nSPS) is 22.6. The van der Waals surface area contributed by atoms with Crippen LogP contribution in [0.1, 0.15) is 13.3 Å². The molecule has 2 amide bonds. The number of aliphatic hydroxyl groups is 1. The number of carbonyl (C=O) groups excluding carboxylic acids is 1. The van der Waals surface area contributed by atoms with Gasteiger partial charge in [-0.2, -0.15) is 0 Å². The summed E-state index contributed by atoms with van der Waals surface area (Å²) < 4.78 is 5.02. The molecule has 1 aliphatic heterocycles. The van der Waals surface area contributed by atoms with Gasteiger partial charge in [-0.15, -0.1) is 0 Å². The number of methoxy groups -OCH3 is 1. The van der Waals surface area contributed by atoms with E-state index in [1.54, 1.807) is 12.0 Å². The van der Waals surface area contributed by atoms with Crippen molar-refractivity contribution in [2.24, 2.45) is 5.92 Å². The highest BCUT2D eigenvalue weighted by Gasteiger charge is 2.30. The lowest BCUT2D eigenvalue weighted by atomic mass is 10.1. The van der Waals surface area contributed by atoms with Gasteiger partial charge in [-0.3, -0.25) is 0 Å². The van der Waals surface area contributed by atoms with Crippen LogP contribution in [0.25, 0.3) is 0 Å². The van der Waals surface area contributed by atoms with Crippen LogP contribution in [0.15, 0.2) is 0 Å². The van der Waals surface area contributed by atoms with Gasteiger partial charge in [-0.25, -0.2) is 9.59 Å². The van der Waals surface area contributed by atoms with E-state index in [1.807, 2.05) is 0 Å².